The van der Waals surface area contributed by atoms with Gasteiger partial charge in [0.05, 0.1) is 11.5 Å². The zero-order valence-electron chi connectivity index (χ0n) is 8.19. The van der Waals surface area contributed by atoms with Crippen molar-refractivity contribution in [3.63, 3.8) is 0 Å². The Bertz CT molecular complexity index is 415. The van der Waals surface area contributed by atoms with Gasteiger partial charge in [-0.1, -0.05) is 0 Å². The molecule has 4 nitrogen and oxygen atoms in total. The fourth-order valence-electron chi connectivity index (χ4n) is 1.87. The van der Waals surface area contributed by atoms with Crippen LogP contribution < -0.4 is 0 Å². The summed E-state index contributed by atoms with van der Waals surface area (Å²) in [6.07, 6.45) is 4.70. The SMILES string of the molecule is O=S1(=O)CCC(C(Cl)Cc2ncc[nH]2)C1. The Hall–Kier alpha value is -0.550. The summed E-state index contributed by atoms with van der Waals surface area (Å²) in [6, 6.07) is 0. The van der Waals surface area contributed by atoms with Crippen molar-refractivity contribution in [3.05, 3.63) is 18.2 Å². The molecular formula is C9H13ClN2O2S. The van der Waals surface area contributed by atoms with E-state index in [1.807, 2.05) is 0 Å². The lowest BCUT2D eigenvalue weighted by Gasteiger charge is -2.13. The average Bonchev–Trinajstić information content (AvgIpc) is 2.74. The van der Waals surface area contributed by atoms with E-state index in [0.717, 1.165) is 5.82 Å². The molecule has 1 aromatic rings. The lowest BCUT2D eigenvalue weighted by atomic mass is 10.0. The average molecular weight is 249 g/mol. The third kappa shape index (κ3) is 2.72. The molecule has 15 heavy (non-hydrogen) atoms. The maximum Gasteiger partial charge on any atom is 0.150 e. The Balaban J connectivity index is 1.95. The van der Waals surface area contributed by atoms with E-state index in [4.69, 9.17) is 11.6 Å². The Morgan fingerprint density at radius 3 is 3.00 bits per heavy atom. The van der Waals surface area contributed by atoms with E-state index >= 15 is 0 Å². The number of nitrogens with zero attached hydrogens (tertiary/aromatic N) is 1. The Labute approximate surface area is 94.0 Å². The van der Waals surface area contributed by atoms with Crippen LogP contribution in [0, 0.1) is 5.92 Å². The van der Waals surface area contributed by atoms with Gasteiger partial charge >= 0.3 is 0 Å². The van der Waals surface area contributed by atoms with Gasteiger partial charge in [-0.3, -0.25) is 0 Å². The van der Waals surface area contributed by atoms with Crippen molar-refractivity contribution in [2.45, 2.75) is 18.2 Å². The van der Waals surface area contributed by atoms with Crippen molar-refractivity contribution in [1.29, 1.82) is 0 Å². The number of hydrogen-bond donors (Lipinski definition) is 1. The highest BCUT2D eigenvalue weighted by Gasteiger charge is 2.32. The van der Waals surface area contributed by atoms with E-state index in [1.54, 1.807) is 12.4 Å². The molecule has 2 rings (SSSR count). The number of alkyl halides is 1. The number of nitrogens with one attached hydrogen (secondary N) is 1. The molecule has 0 amide bonds. The van der Waals surface area contributed by atoms with Gasteiger partial charge < -0.3 is 4.98 Å². The van der Waals surface area contributed by atoms with Crippen LogP contribution in [0.3, 0.4) is 0 Å². The molecule has 0 bridgehead atoms. The summed E-state index contributed by atoms with van der Waals surface area (Å²) in [5.41, 5.74) is 0. The highest BCUT2D eigenvalue weighted by molar-refractivity contribution is 7.91. The van der Waals surface area contributed by atoms with Gasteiger partial charge in [-0.15, -0.1) is 11.6 Å². The van der Waals surface area contributed by atoms with Crippen molar-refractivity contribution in [1.82, 2.24) is 9.97 Å². The first-order valence-corrected chi connectivity index (χ1v) is 7.15. The summed E-state index contributed by atoms with van der Waals surface area (Å²) in [7, 11) is -2.83. The van der Waals surface area contributed by atoms with Crippen LogP contribution >= 0.6 is 11.6 Å². The van der Waals surface area contributed by atoms with Gasteiger partial charge in [-0.25, -0.2) is 13.4 Å². The number of hydrogen-bond acceptors (Lipinski definition) is 3. The summed E-state index contributed by atoms with van der Waals surface area (Å²) in [5, 5.41) is -0.145. The Kier molecular flexibility index (Phi) is 3.02. The van der Waals surface area contributed by atoms with E-state index in [1.165, 1.54) is 0 Å². The van der Waals surface area contributed by atoms with Gasteiger partial charge in [0.15, 0.2) is 9.84 Å². The zero-order valence-corrected chi connectivity index (χ0v) is 9.76. The largest absolute Gasteiger partial charge is 0.349 e. The molecule has 0 saturated carbocycles. The van der Waals surface area contributed by atoms with Gasteiger partial charge in [0.25, 0.3) is 0 Å². The number of imidazole rings is 1. The topological polar surface area (TPSA) is 62.8 Å². The Morgan fingerprint density at radius 1 is 1.67 bits per heavy atom. The van der Waals surface area contributed by atoms with E-state index in [2.05, 4.69) is 9.97 Å². The van der Waals surface area contributed by atoms with Crippen LogP contribution in [0.5, 0.6) is 0 Å². The van der Waals surface area contributed by atoms with Crippen molar-refractivity contribution in [3.8, 4) is 0 Å². The zero-order chi connectivity index (χ0) is 10.9. The standard InChI is InChI=1S/C9H13ClN2O2S/c10-8(5-9-11-2-3-12-9)7-1-4-15(13,14)6-7/h2-3,7-8H,1,4-6H2,(H,11,12). The van der Waals surface area contributed by atoms with Crippen molar-refractivity contribution >= 4 is 21.4 Å². The molecular weight excluding hydrogens is 236 g/mol. The van der Waals surface area contributed by atoms with Crippen LogP contribution in [0.1, 0.15) is 12.2 Å². The molecule has 0 spiro atoms. The molecule has 1 aliphatic rings. The molecule has 2 unspecified atom stereocenters. The highest BCUT2D eigenvalue weighted by atomic mass is 35.5. The monoisotopic (exact) mass is 248 g/mol. The highest BCUT2D eigenvalue weighted by Crippen LogP contribution is 2.26. The molecule has 1 N–H and O–H groups in total. The predicted octanol–water partition coefficient (Wildman–Crippen LogP) is 0.994. The first-order valence-electron chi connectivity index (χ1n) is 4.89. The molecule has 2 heterocycles. The van der Waals surface area contributed by atoms with E-state index in [0.29, 0.717) is 12.8 Å². The summed E-state index contributed by atoms with van der Waals surface area (Å²) in [4.78, 5) is 7.04. The van der Waals surface area contributed by atoms with Crippen molar-refractivity contribution in [2.24, 2.45) is 5.92 Å². The van der Waals surface area contributed by atoms with E-state index in [9.17, 15) is 8.42 Å². The maximum absolute atomic E-state index is 11.3. The number of rotatable bonds is 3. The van der Waals surface area contributed by atoms with Crippen LogP contribution in [0.25, 0.3) is 0 Å². The molecule has 6 heteroatoms. The summed E-state index contributed by atoms with van der Waals surface area (Å²) in [5.74, 6) is 1.39. The number of H-pyrrole nitrogens is 1. The van der Waals surface area contributed by atoms with Crippen LogP contribution in [0.15, 0.2) is 12.4 Å². The minimum absolute atomic E-state index is 0.0711. The molecule has 1 saturated heterocycles. The van der Waals surface area contributed by atoms with Gasteiger partial charge in [0, 0.05) is 24.2 Å². The van der Waals surface area contributed by atoms with Crippen LogP contribution in [-0.2, 0) is 16.3 Å². The molecule has 1 aliphatic heterocycles. The normalized spacial score (nSPS) is 26.6. The van der Waals surface area contributed by atoms with E-state index < -0.39 is 9.84 Å². The molecule has 2 atom stereocenters. The fraction of sp³-hybridized carbons (Fsp3) is 0.667. The molecule has 0 aliphatic carbocycles. The number of halogens is 1. The molecule has 0 aromatic carbocycles. The van der Waals surface area contributed by atoms with Gasteiger partial charge in [0.1, 0.15) is 5.82 Å². The summed E-state index contributed by atoms with van der Waals surface area (Å²) in [6.45, 7) is 0. The molecule has 84 valence electrons. The third-order valence-electron chi connectivity index (χ3n) is 2.72. The van der Waals surface area contributed by atoms with Crippen LogP contribution in [-0.4, -0.2) is 35.3 Å². The van der Waals surface area contributed by atoms with Gasteiger partial charge in [-0.05, 0) is 12.3 Å². The second-order valence-electron chi connectivity index (χ2n) is 3.92. The molecule has 0 radical (unpaired) electrons. The Morgan fingerprint density at radius 2 is 2.47 bits per heavy atom. The molecule has 1 aromatic heterocycles. The van der Waals surface area contributed by atoms with Crippen molar-refractivity contribution in [2.75, 3.05) is 11.5 Å². The van der Waals surface area contributed by atoms with Crippen molar-refractivity contribution < 1.29 is 8.42 Å². The minimum atomic E-state index is -2.83. The lowest BCUT2D eigenvalue weighted by molar-refractivity contribution is 0.543. The predicted molar refractivity (Wildman–Crippen MR) is 58.7 cm³/mol. The first kappa shape index (κ1) is 11.0. The first-order chi connectivity index (χ1) is 7.07. The lowest BCUT2D eigenvalue weighted by Crippen LogP contribution is -2.19. The smallest absolute Gasteiger partial charge is 0.150 e. The second kappa shape index (κ2) is 4.14. The number of sulfone groups is 1. The third-order valence-corrected chi connectivity index (χ3v) is 5.03. The number of aromatic nitrogens is 2. The van der Waals surface area contributed by atoms with E-state index in [-0.39, 0.29) is 22.8 Å². The fourth-order valence-corrected chi connectivity index (χ4v) is 4.22. The maximum atomic E-state index is 11.3. The quantitative estimate of drug-likeness (QED) is 0.812. The van der Waals surface area contributed by atoms with Gasteiger partial charge in [0.2, 0.25) is 0 Å². The van der Waals surface area contributed by atoms with Gasteiger partial charge in [-0.2, -0.15) is 0 Å². The molecule has 1 fully saturated rings. The number of aromatic amines is 1. The summed E-state index contributed by atoms with van der Waals surface area (Å²) < 4.78 is 22.5. The minimum Gasteiger partial charge on any atom is -0.349 e. The van der Waals surface area contributed by atoms with Crippen LogP contribution in [0.2, 0.25) is 0 Å². The van der Waals surface area contributed by atoms with Crippen LogP contribution in [0.4, 0.5) is 0 Å². The second-order valence-corrected chi connectivity index (χ2v) is 6.71. The summed E-state index contributed by atoms with van der Waals surface area (Å²) >= 11 is 6.18.